The van der Waals surface area contributed by atoms with Gasteiger partial charge in [-0.1, -0.05) is 25.5 Å². The second-order valence-electron chi connectivity index (χ2n) is 5.14. The van der Waals surface area contributed by atoms with Crippen LogP contribution < -0.4 is 5.32 Å². The normalized spacial score (nSPS) is 10.3. The van der Waals surface area contributed by atoms with Gasteiger partial charge in [0, 0.05) is 10.9 Å². The van der Waals surface area contributed by atoms with Gasteiger partial charge in [-0.05, 0) is 59.3 Å². The molecule has 0 saturated heterocycles. The summed E-state index contributed by atoms with van der Waals surface area (Å²) in [6.45, 7) is 1.70. The van der Waals surface area contributed by atoms with Crippen molar-refractivity contribution in [3.63, 3.8) is 0 Å². The standard InChI is InChI=1S/C17H20BrF2NO2/c1-2-12(16(19)20)8-4-3-5-11-15(22)21-17(23)13-9-6-7-10-14(13)18/h6-7,9-10H,2-5,8,11H2,1H3,(H,21,22,23). The number of hydrogen-bond donors (Lipinski definition) is 1. The molecule has 0 heterocycles. The van der Waals surface area contributed by atoms with E-state index in [1.54, 1.807) is 31.2 Å². The Morgan fingerprint density at radius 3 is 2.35 bits per heavy atom. The average Bonchev–Trinajstić information content (AvgIpc) is 2.50. The molecule has 0 aliphatic carbocycles. The number of carbonyl (C=O) groups excluding carboxylic acids is 2. The molecular formula is C17H20BrF2NO2. The van der Waals surface area contributed by atoms with Crippen LogP contribution in [0.25, 0.3) is 0 Å². The Kier molecular flexibility index (Phi) is 8.69. The molecule has 0 aromatic heterocycles. The van der Waals surface area contributed by atoms with E-state index in [2.05, 4.69) is 21.2 Å². The molecule has 23 heavy (non-hydrogen) atoms. The highest BCUT2D eigenvalue weighted by atomic mass is 79.9. The summed E-state index contributed by atoms with van der Waals surface area (Å²) in [4.78, 5) is 23.6. The highest BCUT2D eigenvalue weighted by Gasteiger charge is 2.12. The fourth-order valence-electron chi connectivity index (χ4n) is 2.11. The average molecular weight is 388 g/mol. The Labute approximate surface area is 143 Å². The van der Waals surface area contributed by atoms with Gasteiger partial charge >= 0.3 is 0 Å². The summed E-state index contributed by atoms with van der Waals surface area (Å²) in [7, 11) is 0. The Hall–Kier alpha value is -1.56. The first-order chi connectivity index (χ1) is 11.0. The first-order valence-electron chi connectivity index (χ1n) is 7.57. The topological polar surface area (TPSA) is 46.2 Å². The van der Waals surface area contributed by atoms with Crippen molar-refractivity contribution in [1.82, 2.24) is 5.32 Å². The molecule has 0 bridgehead atoms. The van der Waals surface area contributed by atoms with Gasteiger partial charge in [0.15, 0.2) is 0 Å². The van der Waals surface area contributed by atoms with E-state index in [0.717, 1.165) is 0 Å². The number of halogens is 3. The highest BCUT2D eigenvalue weighted by Crippen LogP contribution is 2.19. The summed E-state index contributed by atoms with van der Waals surface area (Å²) in [5.74, 6) is -0.799. The smallest absolute Gasteiger partial charge is 0.269 e. The zero-order valence-corrected chi connectivity index (χ0v) is 14.6. The van der Waals surface area contributed by atoms with Crippen LogP contribution in [0.1, 0.15) is 55.8 Å². The van der Waals surface area contributed by atoms with E-state index >= 15 is 0 Å². The largest absolute Gasteiger partial charge is 0.292 e. The lowest BCUT2D eigenvalue weighted by Crippen LogP contribution is -2.30. The van der Waals surface area contributed by atoms with Crippen LogP contribution in [0, 0.1) is 0 Å². The van der Waals surface area contributed by atoms with Gasteiger partial charge in [-0.3, -0.25) is 14.9 Å². The molecule has 0 unspecified atom stereocenters. The Morgan fingerprint density at radius 1 is 1.09 bits per heavy atom. The van der Waals surface area contributed by atoms with E-state index < -0.39 is 12.0 Å². The fraction of sp³-hybridized carbons (Fsp3) is 0.412. The van der Waals surface area contributed by atoms with Gasteiger partial charge in [-0.25, -0.2) is 0 Å². The quantitative estimate of drug-likeness (QED) is 0.621. The van der Waals surface area contributed by atoms with E-state index in [4.69, 9.17) is 0 Å². The molecule has 0 saturated carbocycles. The van der Waals surface area contributed by atoms with Gasteiger partial charge in [0.2, 0.25) is 5.91 Å². The number of nitrogens with one attached hydrogen (secondary N) is 1. The number of carbonyl (C=O) groups is 2. The van der Waals surface area contributed by atoms with Gasteiger partial charge in [0.1, 0.15) is 0 Å². The summed E-state index contributed by atoms with van der Waals surface area (Å²) in [6, 6.07) is 6.84. The number of amides is 2. The third-order valence-electron chi connectivity index (χ3n) is 3.45. The second kappa shape index (κ2) is 10.3. The summed E-state index contributed by atoms with van der Waals surface area (Å²) in [5, 5.41) is 2.33. The lowest BCUT2D eigenvalue weighted by Gasteiger charge is -2.06. The maximum atomic E-state index is 12.4. The third-order valence-corrected chi connectivity index (χ3v) is 4.14. The van der Waals surface area contributed by atoms with Crippen LogP contribution in [0.15, 0.2) is 40.4 Å². The van der Waals surface area contributed by atoms with Crippen molar-refractivity contribution in [2.24, 2.45) is 0 Å². The van der Waals surface area contributed by atoms with E-state index in [1.807, 2.05) is 0 Å². The Balaban J connectivity index is 2.29. The number of benzene rings is 1. The zero-order valence-electron chi connectivity index (χ0n) is 13.0. The molecule has 3 nitrogen and oxygen atoms in total. The van der Waals surface area contributed by atoms with Gasteiger partial charge in [-0.2, -0.15) is 8.78 Å². The first kappa shape index (κ1) is 19.5. The third kappa shape index (κ3) is 7.03. The van der Waals surface area contributed by atoms with Crippen molar-refractivity contribution < 1.29 is 18.4 Å². The number of unbranched alkanes of at least 4 members (excludes halogenated alkanes) is 2. The van der Waals surface area contributed by atoms with Crippen LogP contribution in [-0.2, 0) is 4.79 Å². The number of allylic oxidation sites excluding steroid dienone is 1. The summed E-state index contributed by atoms with van der Waals surface area (Å²) in [5.41, 5.74) is 0.579. The van der Waals surface area contributed by atoms with Crippen molar-refractivity contribution in [3.05, 3.63) is 46.0 Å². The van der Waals surface area contributed by atoms with Crippen molar-refractivity contribution in [2.75, 3.05) is 0 Å². The van der Waals surface area contributed by atoms with Crippen LogP contribution in [0.4, 0.5) is 8.78 Å². The lowest BCUT2D eigenvalue weighted by atomic mass is 10.1. The molecule has 0 aliphatic rings. The minimum Gasteiger partial charge on any atom is -0.292 e. The van der Waals surface area contributed by atoms with Crippen LogP contribution in [0.5, 0.6) is 0 Å². The molecule has 2 amide bonds. The molecule has 0 atom stereocenters. The molecule has 1 aromatic rings. The molecular weight excluding hydrogens is 368 g/mol. The van der Waals surface area contributed by atoms with Crippen LogP contribution in [0.2, 0.25) is 0 Å². The summed E-state index contributed by atoms with van der Waals surface area (Å²) >= 11 is 3.25. The number of rotatable bonds is 8. The molecule has 1 N–H and O–H groups in total. The van der Waals surface area contributed by atoms with Crippen molar-refractivity contribution in [3.8, 4) is 0 Å². The fourth-order valence-corrected chi connectivity index (χ4v) is 2.57. The molecule has 126 valence electrons. The Morgan fingerprint density at radius 2 is 1.74 bits per heavy atom. The van der Waals surface area contributed by atoms with Crippen molar-refractivity contribution in [1.29, 1.82) is 0 Å². The number of imide groups is 1. The molecule has 1 aromatic carbocycles. The summed E-state index contributed by atoms with van der Waals surface area (Å²) in [6.07, 6.45) is 1.18. The van der Waals surface area contributed by atoms with Gasteiger partial charge < -0.3 is 0 Å². The van der Waals surface area contributed by atoms with Gasteiger partial charge in [0.25, 0.3) is 12.0 Å². The van der Waals surface area contributed by atoms with E-state index in [0.29, 0.717) is 42.1 Å². The zero-order chi connectivity index (χ0) is 17.2. The van der Waals surface area contributed by atoms with E-state index in [-0.39, 0.29) is 17.9 Å². The Bertz CT molecular complexity index is 584. The molecule has 6 heteroatoms. The summed E-state index contributed by atoms with van der Waals surface area (Å²) < 4.78 is 25.5. The minimum atomic E-state index is -1.59. The lowest BCUT2D eigenvalue weighted by molar-refractivity contribution is -0.120. The first-order valence-corrected chi connectivity index (χ1v) is 8.36. The molecule has 0 spiro atoms. The predicted octanol–water partition coefficient (Wildman–Crippen LogP) is 5.22. The molecule has 0 fully saturated rings. The molecule has 1 rings (SSSR count). The molecule has 0 radical (unpaired) electrons. The van der Waals surface area contributed by atoms with Crippen LogP contribution in [-0.4, -0.2) is 11.8 Å². The molecule has 0 aliphatic heterocycles. The maximum Gasteiger partial charge on any atom is 0.269 e. The second-order valence-corrected chi connectivity index (χ2v) is 5.99. The van der Waals surface area contributed by atoms with E-state index in [9.17, 15) is 18.4 Å². The van der Waals surface area contributed by atoms with Gasteiger partial charge in [-0.15, -0.1) is 0 Å². The number of hydrogen-bond acceptors (Lipinski definition) is 2. The maximum absolute atomic E-state index is 12.4. The van der Waals surface area contributed by atoms with Crippen LogP contribution >= 0.6 is 15.9 Å². The van der Waals surface area contributed by atoms with Crippen molar-refractivity contribution >= 4 is 27.7 Å². The highest BCUT2D eigenvalue weighted by molar-refractivity contribution is 9.10. The monoisotopic (exact) mass is 387 g/mol. The predicted molar refractivity (Wildman–Crippen MR) is 89.2 cm³/mol. The van der Waals surface area contributed by atoms with Crippen molar-refractivity contribution in [2.45, 2.75) is 45.4 Å². The van der Waals surface area contributed by atoms with Crippen LogP contribution in [0.3, 0.4) is 0 Å². The SMILES string of the molecule is CCC(CCCCCC(=O)NC(=O)c1ccccc1Br)=C(F)F. The minimum absolute atomic E-state index is 0.179. The van der Waals surface area contributed by atoms with E-state index in [1.165, 1.54) is 0 Å². The van der Waals surface area contributed by atoms with Gasteiger partial charge in [0.05, 0.1) is 5.56 Å².